The van der Waals surface area contributed by atoms with Crippen LogP contribution in [0.1, 0.15) is 0 Å². The third kappa shape index (κ3) is 1.78. The molecule has 0 atom stereocenters. The van der Waals surface area contributed by atoms with Crippen LogP contribution in [0.15, 0.2) is 24.3 Å². The predicted octanol–water partition coefficient (Wildman–Crippen LogP) is 1.05. The summed E-state index contributed by atoms with van der Waals surface area (Å²) in [6.45, 7) is 2.80. The third-order valence-corrected chi connectivity index (χ3v) is 6.56. The SMILES string of the molecule is Nc1ccccc1NP12(NCCO1)NCCO2. The average Bonchev–Trinajstić information content (AvgIpc) is 2.93. The topological polar surface area (TPSA) is 80.6 Å². The summed E-state index contributed by atoms with van der Waals surface area (Å²) in [6, 6.07) is 7.60. The summed E-state index contributed by atoms with van der Waals surface area (Å²) in [5, 5.41) is 10.00. The van der Waals surface area contributed by atoms with E-state index in [4.69, 9.17) is 14.8 Å². The summed E-state index contributed by atoms with van der Waals surface area (Å²) in [4.78, 5) is 0. The van der Waals surface area contributed by atoms with Crippen molar-refractivity contribution in [2.24, 2.45) is 0 Å². The van der Waals surface area contributed by atoms with E-state index in [-0.39, 0.29) is 0 Å². The summed E-state index contributed by atoms with van der Waals surface area (Å²) in [5.41, 5.74) is 7.45. The fraction of sp³-hybridized carbons (Fsp3) is 0.400. The normalized spacial score (nSPS) is 27.6. The first-order valence-electron chi connectivity index (χ1n) is 5.69. The summed E-state index contributed by atoms with van der Waals surface area (Å²) >= 11 is 0. The van der Waals surface area contributed by atoms with Gasteiger partial charge in [0.2, 0.25) is 0 Å². The van der Waals surface area contributed by atoms with Crippen molar-refractivity contribution in [3.8, 4) is 0 Å². The van der Waals surface area contributed by atoms with Crippen LogP contribution in [0.4, 0.5) is 11.4 Å². The zero-order valence-electron chi connectivity index (χ0n) is 9.48. The Hall–Kier alpha value is -0.910. The van der Waals surface area contributed by atoms with Gasteiger partial charge in [-0.15, -0.1) is 0 Å². The van der Waals surface area contributed by atoms with Crippen LogP contribution in [0.25, 0.3) is 0 Å². The van der Waals surface area contributed by atoms with Crippen LogP contribution in [0.2, 0.25) is 0 Å². The molecule has 0 saturated carbocycles. The average molecular weight is 256 g/mol. The van der Waals surface area contributed by atoms with E-state index in [9.17, 15) is 0 Å². The van der Waals surface area contributed by atoms with Crippen molar-refractivity contribution in [2.75, 3.05) is 37.1 Å². The Morgan fingerprint density at radius 1 is 1.12 bits per heavy atom. The number of anilines is 2. The van der Waals surface area contributed by atoms with Crippen molar-refractivity contribution in [1.82, 2.24) is 10.2 Å². The Balaban J connectivity index is 1.94. The maximum absolute atomic E-state index is 5.94. The number of para-hydroxylation sites is 2. The van der Waals surface area contributed by atoms with Gasteiger partial charge in [0.15, 0.2) is 0 Å². The first-order valence-corrected chi connectivity index (χ1v) is 7.76. The minimum absolute atomic E-state index is 0.630. The Kier molecular flexibility index (Phi) is 2.50. The molecule has 0 radical (unpaired) electrons. The van der Waals surface area contributed by atoms with Gasteiger partial charge >= 0.3 is 99.5 Å². The molecule has 0 bridgehead atoms. The molecule has 7 heteroatoms. The second-order valence-electron chi connectivity index (χ2n) is 4.14. The zero-order valence-corrected chi connectivity index (χ0v) is 10.4. The zero-order chi connectivity index (χ0) is 11.8. The van der Waals surface area contributed by atoms with E-state index in [1.54, 1.807) is 0 Å². The van der Waals surface area contributed by atoms with Crippen molar-refractivity contribution < 1.29 is 9.05 Å². The van der Waals surface area contributed by atoms with Gasteiger partial charge in [0.05, 0.1) is 0 Å². The van der Waals surface area contributed by atoms with Gasteiger partial charge in [-0.2, -0.15) is 0 Å². The van der Waals surface area contributed by atoms with E-state index in [2.05, 4.69) is 15.3 Å². The van der Waals surface area contributed by atoms with Gasteiger partial charge in [0, 0.05) is 0 Å². The van der Waals surface area contributed by atoms with Gasteiger partial charge in [-0.3, -0.25) is 0 Å². The molecule has 0 unspecified atom stereocenters. The van der Waals surface area contributed by atoms with Crippen LogP contribution in [0.3, 0.4) is 0 Å². The van der Waals surface area contributed by atoms with Gasteiger partial charge in [-0.1, -0.05) is 0 Å². The Morgan fingerprint density at radius 3 is 2.29 bits per heavy atom. The summed E-state index contributed by atoms with van der Waals surface area (Å²) < 4.78 is 11.7. The molecule has 17 heavy (non-hydrogen) atoms. The molecule has 94 valence electrons. The van der Waals surface area contributed by atoms with Gasteiger partial charge in [0.25, 0.3) is 0 Å². The second kappa shape index (κ2) is 3.80. The van der Waals surface area contributed by atoms with Crippen molar-refractivity contribution in [1.29, 1.82) is 0 Å². The second-order valence-corrected chi connectivity index (χ2v) is 7.43. The maximum atomic E-state index is 5.94. The molecule has 1 aromatic carbocycles. The molecule has 2 saturated heterocycles. The molecular formula is C10H17N4O2P. The number of rotatable bonds is 2. The number of benzene rings is 1. The van der Waals surface area contributed by atoms with Crippen LogP contribution >= 0.6 is 7.51 Å². The van der Waals surface area contributed by atoms with Crippen LogP contribution in [0.5, 0.6) is 0 Å². The third-order valence-electron chi connectivity index (χ3n) is 2.96. The number of hydrogen-bond acceptors (Lipinski definition) is 6. The molecule has 0 aliphatic carbocycles. The van der Waals surface area contributed by atoms with E-state index in [1.807, 2.05) is 24.3 Å². The number of nitrogens with one attached hydrogen (secondary N) is 3. The molecule has 0 aromatic heterocycles. The number of hydrogen-bond donors (Lipinski definition) is 4. The Labute approximate surface area is 100 Å². The fourth-order valence-electron chi connectivity index (χ4n) is 2.17. The van der Waals surface area contributed by atoms with Crippen molar-refractivity contribution >= 4 is 18.9 Å². The molecule has 2 heterocycles. The molecule has 5 N–H and O–H groups in total. The van der Waals surface area contributed by atoms with E-state index >= 15 is 0 Å². The molecule has 3 rings (SSSR count). The molecule has 1 aromatic rings. The van der Waals surface area contributed by atoms with E-state index in [0.29, 0.717) is 18.9 Å². The van der Waals surface area contributed by atoms with E-state index in [0.717, 1.165) is 18.8 Å². The van der Waals surface area contributed by atoms with Crippen LogP contribution < -0.4 is 21.0 Å². The quantitative estimate of drug-likeness (QED) is 0.468. The molecular weight excluding hydrogens is 239 g/mol. The molecule has 2 fully saturated rings. The number of nitrogen functional groups attached to an aromatic ring is 1. The van der Waals surface area contributed by atoms with Crippen molar-refractivity contribution in [3.05, 3.63) is 24.3 Å². The Bertz CT molecular complexity index is 407. The van der Waals surface area contributed by atoms with Crippen LogP contribution in [-0.2, 0) is 9.05 Å². The summed E-state index contributed by atoms with van der Waals surface area (Å²) in [7, 11) is -3.10. The van der Waals surface area contributed by atoms with Gasteiger partial charge in [-0.05, 0) is 0 Å². The molecule has 2 aliphatic rings. The molecule has 2 aliphatic heterocycles. The fourth-order valence-corrected chi connectivity index (χ4v) is 5.53. The first-order chi connectivity index (χ1) is 8.22. The van der Waals surface area contributed by atoms with Gasteiger partial charge < -0.3 is 0 Å². The van der Waals surface area contributed by atoms with Crippen LogP contribution in [0, 0.1) is 0 Å². The molecule has 6 nitrogen and oxygen atoms in total. The van der Waals surface area contributed by atoms with Gasteiger partial charge in [-0.25, -0.2) is 0 Å². The minimum atomic E-state index is -3.10. The van der Waals surface area contributed by atoms with Crippen molar-refractivity contribution in [2.45, 2.75) is 0 Å². The Morgan fingerprint density at radius 2 is 1.76 bits per heavy atom. The predicted molar refractivity (Wildman–Crippen MR) is 69.3 cm³/mol. The standard InChI is InChI=1S/C10H17N4O2P/c11-9-3-1-2-4-10(9)14-17(12-5-7-15-17)13-6-8-16-17/h1-4,12-14H,5-8,11H2. The monoisotopic (exact) mass is 256 g/mol. The van der Waals surface area contributed by atoms with Crippen LogP contribution in [-0.4, -0.2) is 26.3 Å². The van der Waals surface area contributed by atoms with Crippen molar-refractivity contribution in [3.63, 3.8) is 0 Å². The van der Waals surface area contributed by atoms with Gasteiger partial charge in [0.1, 0.15) is 0 Å². The van der Waals surface area contributed by atoms with E-state index in [1.165, 1.54) is 0 Å². The summed E-state index contributed by atoms with van der Waals surface area (Å²) in [5.74, 6) is 0. The first kappa shape index (κ1) is 11.2. The number of nitrogens with two attached hydrogens (primary N) is 1. The summed E-state index contributed by atoms with van der Waals surface area (Å²) in [6.07, 6.45) is 0. The molecule has 1 spiro atoms. The molecule has 0 amide bonds. The van der Waals surface area contributed by atoms with E-state index < -0.39 is 7.51 Å².